The zero-order chi connectivity index (χ0) is 17.5. The summed E-state index contributed by atoms with van der Waals surface area (Å²) in [4.78, 5) is 5.78. The molecule has 134 valence electrons. The number of rotatable bonds is 4. The fourth-order valence-corrected chi connectivity index (χ4v) is 4.83. The largest absolute Gasteiger partial charge is 0.416 e. The van der Waals surface area contributed by atoms with Gasteiger partial charge in [-0.3, -0.25) is 0 Å². The van der Waals surface area contributed by atoms with E-state index < -0.39 is 21.8 Å². The maximum atomic E-state index is 12.9. The molecule has 1 aliphatic heterocycles. The second-order valence-corrected chi connectivity index (χ2v) is 8.68. The van der Waals surface area contributed by atoms with Crippen molar-refractivity contribution in [2.24, 2.45) is 0 Å². The van der Waals surface area contributed by atoms with Crippen LogP contribution in [0.1, 0.15) is 31.2 Å². The first-order valence-electron chi connectivity index (χ1n) is 7.94. The molecule has 1 aromatic rings. The van der Waals surface area contributed by atoms with E-state index in [2.05, 4.69) is 4.98 Å². The zero-order valence-corrected chi connectivity index (χ0v) is 14.1. The van der Waals surface area contributed by atoms with Crippen LogP contribution in [-0.2, 0) is 16.2 Å². The number of sulfonamides is 1. The Morgan fingerprint density at radius 2 is 2.00 bits per heavy atom. The Bertz CT molecular complexity index is 704. The van der Waals surface area contributed by atoms with Gasteiger partial charge in [0.1, 0.15) is 5.82 Å². The average Bonchev–Trinajstić information content (AvgIpc) is 3.39. The van der Waals surface area contributed by atoms with Crippen LogP contribution < -0.4 is 4.90 Å². The Kier molecular flexibility index (Phi) is 4.50. The van der Waals surface area contributed by atoms with Crippen molar-refractivity contribution in [1.29, 1.82) is 0 Å². The van der Waals surface area contributed by atoms with Crippen LogP contribution in [0.15, 0.2) is 18.3 Å². The SMILES string of the molecule is CN(C1CCCN(c2cc(C(F)(F)F)ccn2)C1)S(=O)(=O)C1CC1. The standard InChI is InChI=1S/C15H20F3N3O2S/c1-20(24(22,23)13-4-5-13)12-3-2-8-21(10-12)14-9-11(6-7-19-14)15(16,17)18/h6-7,9,12-13H,2-5,8,10H2,1H3. The van der Waals surface area contributed by atoms with Crippen molar-refractivity contribution in [3.63, 3.8) is 0 Å². The second kappa shape index (κ2) is 6.18. The minimum Gasteiger partial charge on any atom is -0.355 e. The van der Waals surface area contributed by atoms with Gasteiger partial charge in [-0.25, -0.2) is 13.4 Å². The Balaban J connectivity index is 1.76. The first-order valence-corrected chi connectivity index (χ1v) is 9.45. The molecule has 0 spiro atoms. The van der Waals surface area contributed by atoms with E-state index in [9.17, 15) is 21.6 Å². The Labute approximate surface area is 139 Å². The molecule has 1 saturated heterocycles. The molecule has 1 aliphatic carbocycles. The second-order valence-electron chi connectivity index (χ2n) is 6.40. The number of pyridine rings is 1. The van der Waals surface area contributed by atoms with Crippen LogP contribution in [0.3, 0.4) is 0 Å². The number of piperidine rings is 1. The number of hydrogen-bond acceptors (Lipinski definition) is 4. The van der Waals surface area contributed by atoms with Crippen LogP contribution in [0.5, 0.6) is 0 Å². The lowest BCUT2D eigenvalue weighted by Gasteiger charge is -2.37. The number of alkyl halides is 3. The summed E-state index contributed by atoms with van der Waals surface area (Å²) in [5, 5.41) is -0.287. The molecule has 24 heavy (non-hydrogen) atoms. The summed E-state index contributed by atoms with van der Waals surface area (Å²) in [5.41, 5.74) is -0.742. The summed E-state index contributed by atoms with van der Waals surface area (Å²) in [6, 6.07) is 1.73. The van der Waals surface area contributed by atoms with E-state index in [4.69, 9.17) is 0 Å². The Hall–Kier alpha value is -1.35. The molecule has 3 rings (SSSR count). The highest BCUT2D eigenvalue weighted by atomic mass is 32.2. The third-order valence-electron chi connectivity index (χ3n) is 4.65. The number of nitrogens with zero attached hydrogens (tertiary/aromatic N) is 3. The predicted octanol–water partition coefficient (Wildman–Crippen LogP) is 2.49. The molecule has 1 saturated carbocycles. The van der Waals surface area contributed by atoms with Crippen molar-refractivity contribution in [2.75, 3.05) is 25.0 Å². The molecule has 0 N–H and O–H groups in total. The van der Waals surface area contributed by atoms with E-state index in [0.29, 0.717) is 38.8 Å². The van der Waals surface area contributed by atoms with E-state index in [1.807, 2.05) is 0 Å². The van der Waals surface area contributed by atoms with Crippen molar-refractivity contribution in [2.45, 2.75) is 43.2 Å². The molecule has 2 heterocycles. The Morgan fingerprint density at radius 1 is 1.29 bits per heavy atom. The lowest BCUT2D eigenvalue weighted by molar-refractivity contribution is -0.137. The van der Waals surface area contributed by atoms with Gasteiger partial charge in [0, 0.05) is 32.4 Å². The van der Waals surface area contributed by atoms with Gasteiger partial charge >= 0.3 is 6.18 Å². The fraction of sp³-hybridized carbons (Fsp3) is 0.667. The number of halogens is 3. The molecular weight excluding hydrogens is 343 g/mol. The molecule has 1 atom stereocenters. The molecule has 1 unspecified atom stereocenters. The first kappa shape index (κ1) is 17.5. The molecule has 5 nitrogen and oxygen atoms in total. The van der Waals surface area contributed by atoms with Gasteiger partial charge in [0.05, 0.1) is 10.8 Å². The minimum atomic E-state index is -4.42. The third kappa shape index (κ3) is 3.51. The van der Waals surface area contributed by atoms with Crippen molar-refractivity contribution < 1.29 is 21.6 Å². The van der Waals surface area contributed by atoms with Gasteiger partial charge in [-0.15, -0.1) is 0 Å². The first-order chi connectivity index (χ1) is 11.2. The predicted molar refractivity (Wildman–Crippen MR) is 84.2 cm³/mol. The van der Waals surface area contributed by atoms with E-state index in [1.54, 1.807) is 11.9 Å². The van der Waals surface area contributed by atoms with E-state index in [1.165, 1.54) is 4.31 Å². The zero-order valence-electron chi connectivity index (χ0n) is 13.3. The maximum Gasteiger partial charge on any atom is 0.416 e. The fourth-order valence-electron chi connectivity index (χ4n) is 3.04. The normalized spacial score (nSPS) is 22.9. The van der Waals surface area contributed by atoms with Crippen LogP contribution in [0.25, 0.3) is 0 Å². The number of hydrogen-bond donors (Lipinski definition) is 0. The molecule has 9 heteroatoms. The van der Waals surface area contributed by atoms with Crippen LogP contribution >= 0.6 is 0 Å². The highest BCUT2D eigenvalue weighted by molar-refractivity contribution is 7.90. The summed E-state index contributed by atoms with van der Waals surface area (Å²) in [5.74, 6) is 0.242. The summed E-state index contributed by atoms with van der Waals surface area (Å²) in [7, 11) is -1.73. The molecule has 0 aromatic carbocycles. The van der Waals surface area contributed by atoms with Crippen molar-refractivity contribution in [1.82, 2.24) is 9.29 Å². The van der Waals surface area contributed by atoms with E-state index in [0.717, 1.165) is 18.3 Å². The van der Waals surface area contributed by atoms with Crippen LogP contribution in [0.4, 0.5) is 19.0 Å². The molecule has 0 radical (unpaired) electrons. The van der Waals surface area contributed by atoms with Gasteiger partial charge in [0.2, 0.25) is 10.0 Å². The smallest absolute Gasteiger partial charge is 0.355 e. The lowest BCUT2D eigenvalue weighted by atomic mass is 10.1. The van der Waals surface area contributed by atoms with Gasteiger partial charge in [-0.2, -0.15) is 17.5 Å². The van der Waals surface area contributed by atoms with Crippen molar-refractivity contribution in [3.05, 3.63) is 23.9 Å². The highest BCUT2D eigenvalue weighted by Crippen LogP contribution is 2.34. The highest BCUT2D eigenvalue weighted by Gasteiger charge is 2.42. The quantitative estimate of drug-likeness (QED) is 0.825. The summed E-state index contributed by atoms with van der Waals surface area (Å²) >= 11 is 0. The number of anilines is 1. The molecule has 1 aromatic heterocycles. The molecule has 0 amide bonds. The van der Waals surface area contributed by atoms with Crippen LogP contribution in [0, 0.1) is 0 Å². The molecule has 2 fully saturated rings. The minimum absolute atomic E-state index is 0.235. The monoisotopic (exact) mass is 363 g/mol. The van der Waals surface area contributed by atoms with Gasteiger partial charge in [0.25, 0.3) is 0 Å². The van der Waals surface area contributed by atoms with Crippen LogP contribution in [0.2, 0.25) is 0 Å². The average molecular weight is 363 g/mol. The maximum absolute atomic E-state index is 12.9. The van der Waals surface area contributed by atoms with Gasteiger partial charge < -0.3 is 4.90 Å². The lowest BCUT2D eigenvalue weighted by Crippen LogP contribution is -2.49. The number of likely N-dealkylation sites (N-methyl/N-ethyl adjacent to an activating group) is 1. The summed E-state index contributed by atoms with van der Waals surface area (Å²) in [6.45, 7) is 0.929. The Morgan fingerprint density at radius 3 is 2.62 bits per heavy atom. The molecule has 2 aliphatic rings. The summed E-state index contributed by atoms with van der Waals surface area (Å²) in [6.07, 6.45) is -0.465. The van der Waals surface area contributed by atoms with E-state index in [-0.39, 0.29) is 17.1 Å². The molecule has 0 bridgehead atoms. The van der Waals surface area contributed by atoms with Gasteiger partial charge in [-0.1, -0.05) is 0 Å². The number of aromatic nitrogens is 1. The summed E-state index contributed by atoms with van der Waals surface area (Å²) < 4.78 is 64.7. The topological polar surface area (TPSA) is 53.5 Å². The molecular formula is C15H20F3N3O2S. The van der Waals surface area contributed by atoms with Crippen LogP contribution in [-0.4, -0.2) is 49.1 Å². The van der Waals surface area contributed by atoms with E-state index >= 15 is 0 Å². The van der Waals surface area contributed by atoms with Crippen molar-refractivity contribution in [3.8, 4) is 0 Å². The van der Waals surface area contributed by atoms with Gasteiger partial charge in [0.15, 0.2) is 0 Å². The third-order valence-corrected chi connectivity index (χ3v) is 7.07. The van der Waals surface area contributed by atoms with Gasteiger partial charge in [-0.05, 0) is 37.8 Å². The van der Waals surface area contributed by atoms with Crippen molar-refractivity contribution >= 4 is 15.8 Å².